The Morgan fingerprint density at radius 2 is 1.92 bits per heavy atom. The second kappa shape index (κ2) is 6.88. The molecule has 0 amide bonds. The number of nitro benzene ring substituents is 1. The van der Waals surface area contributed by atoms with Crippen LogP contribution in [-0.4, -0.2) is 48.2 Å². The fraction of sp³-hybridized carbons (Fsp3) is 0.375. The van der Waals surface area contributed by atoms with E-state index in [1.807, 2.05) is 17.9 Å². The van der Waals surface area contributed by atoms with Crippen LogP contribution in [0.15, 0.2) is 24.4 Å². The molecule has 25 heavy (non-hydrogen) atoms. The number of halogens is 1. The fourth-order valence-electron chi connectivity index (χ4n) is 2.88. The van der Waals surface area contributed by atoms with E-state index in [-0.39, 0.29) is 11.4 Å². The summed E-state index contributed by atoms with van der Waals surface area (Å²) in [6.45, 7) is 4.30. The van der Waals surface area contributed by atoms with Gasteiger partial charge in [0.1, 0.15) is 11.6 Å². The van der Waals surface area contributed by atoms with Crippen molar-refractivity contribution < 1.29 is 14.1 Å². The molecule has 1 aliphatic rings. The Morgan fingerprint density at radius 3 is 2.52 bits per heavy atom. The first kappa shape index (κ1) is 16.9. The van der Waals surface area contributed by atoms with Gasteiger partial charge < -0.3 is 14.5 Å². The number of anilines is 2. The predicted octanol–water partition coefficient (Wildman–Crippen LogP) is 2.17. The van der Waals surface area contributed by atoms with Gasteiger partial charge in [0.15, 0.2) is 11.6 Å². The van der Waals surface area contributed by atoms with Crippen LogP contribution in [0.25, 0.3) is 0 Å². The molecular formula is C16H18FN5O3. The number of benzene rings is 1. The quantitative estimate of drug-likeness (QED) is 0.619. The summed E-state index contributed by atoms with van der Waals surface area (Å²) in [6.07, 6.45) is 1.71. The molecule has 2 aromatic rings. The number of hydrogen-bond acceptors (Lipinski definition) is 7. The van der Waals surface area contributed by atoms with Crippen molar-refractivity contribution in [3.05, 3.63) is 46.2 Å². The molecular weight excluding hydrogens is 329 g/mol. The van der Waals surface area contributed by atoms with E-state index in [2.05, 4.69) is 14.9 Å². The lowest BCUT2D eigenvalue weighted by Gasteiger charge is -2.36. The number of aromatic nitrogens is 2. The Hall–Kier alpha value is -2.97. The Kier molecular flexibility index (Phi) is 4.64. The van der Waals surface area contributed by atoms with E-state index in [1.165, 1.54) is 13.2 Å². The van der Waals surface area contributed by atoms with Gasteiger partial charge in [0.25, 0.3) is 0 Å². The summed E-state index contributed by atoms with van der Waals surface area (Å²) in [6, 6.07) is 4.14. The van der Waals surface area contributed by atoms with Gasteiger partial charge in [0, 0.05) is 38.4 Å². The van der Waals surface area contributed by atoms with Crippen LogP contribution in [0.3, 0.4) is 0 Å². The van der Waals surface area contributed by atoms with Gasteiger partial charge in [-0.2, -0.15) is 0 Å². The Morgan fingerprint density at radius 1 is 1.24 bits per heavy atom. The number of ether oxygens (including phenoxy) is 1. The van der Waals surface area contributed by atoms with Crippen LogP contribution < -0.4 is 14.5 Å². The largest absolute Gasteiger partial charge is 0.490 e. The molecule has 0 unspecified atom stereocenters. The van der Waals surface area contributed by atoms with Gasteiger partial charge in [-0.05, 0) is 13.0 Å². The highest BCUT2D eigenvalue weighted by molar-refractivity contribution is 5.61. The number of nitrogens with zero attached hydrogens (tertiary/aromatic N) is 5. The third kappa shape index (κ3) is 3.44. The SMILES string of the molecule is COc1cc(N2CCN(c3ccnc(C)n3)CC2)c(F)cc1[N+](=O)[O-]. The lowest BCUT2D eigenvalue weighted by atomic mass is 10.2. The van der Waals surface area contributed by atoms with E-state index in [0.29, 0.717) is 37.7 Å². The van der Waals surface area contributed by atoms with Crippen LogP contribution in [0.1, 0.15) is 5.82 Å². The van der Waals surface area contributed by atoms with Crippen molar-refractivity contribution >= 4 is 17.2 Å². The molecule has 0 spiro atoms. The van der Waals surface area contributed by atoms with Crippen molar-refractivity contribution in [2.45, 2.75) is 6.92 Å². The zero-order valence-electron chi connectivity index (χ0n) is 14.0. The molecule has 132 valence electrons. The van der Waals surface area contributed by atoms with Crippen LogP contribution in [0.2, 0.25) is 0 Å². The third-order valence-corrected chi connectivity index (χ3v) is 4.15. The van der Waals surface area contributed by atoms with Gasteiger partial charge in [-0.3, -0.25) is 10.1 Å². The molecule has 0 bridgehead atoms. The molecule has 9 heteroatoms. The van der Waals surface area contributed by atoms with Crippen LogP contribution in [0.4, 0.5) is 21.6 Å². The minimum atomic E-state index is -0.652. The van der Waals surface area contributed by atoms with Crippen LogP contribution in [0.5, 0.6) is 5.75 Å². The highest BCUT2D eigenvalue weighted by Crippen LogP contribution is 2.34. The zero-order valence-corrected chi connectivity index (χ0v) is 14.0. The summed E-state index contributed by atoms with van der Waals surface area (Å²) in [4.78, 5) is 22.8. The van der Waals surface area contributed by atoms with Crippen molar-refractivity contribution in [1.82, 2.24) is 9.97 Å². The van der Waals surface area contributed by atoms with E-state index in [9.17, 15) is 14.5 Å². The predicted molar refractivity (Wildman–Crippen MR) is 90.8 cm³/mol. The minimum Gasteiger partial charge on any atom is -0.490 e. The molecule has 1 aromatic carbocycles. The van der Waals surface area contributed by atoms with Crippen LogP contribution in [0, 0.1) is 22.9 Å². The van der Waals surface area contributed by atoms with Gasteiger partial charge >= 0.3 is 5.69 Å². The summed E-state index contributed by atoms with van der Waals surface area (Å²) in [5.74, 6) is 0.967. The molecule has 0 aliphatic carbocycles. The van der Waals surface area contributed by atoms with Crippen molar-refractivity contribution in [2.24, 2.45) is 0 Å². The number of rotatable bonds is 4. The van der Waals surface area contributed by atoms with E-state index in [1.54, 1.807) is 6.20 Å². The highest BCUT2D eigenvalue weighted by Gasteiger charge is 2.25. The molecule has 3 rings (SSSR count). The number of nitro groups is 1. The first-order chi connectivity index (χ1) is 12.0. The van der Waals surface area contributed by atoms with E-state index >= 15 is 0 Å². The second-order valence-corrected chi connectivity index (χ2v) is 5.67. The zero-order chi connectivity index (χ0) is 18.0. The Balaban J connectivity index is 1.78. The lowest BCUT2D eigenvalue weighted by molar-refractivity contribution is -0.385. The molecule has 0 atom stereocenters. The summed E-state index contributed by atoms with van der Waals surface area (Å²) < 4.78 is 19.4. The number of aryl methyl sites for hydroxylation is 1. The molecule has 1 saturated heterocycles. The lowest BCUT2D eigenvalue weighted by Crippen LogP contribution is -2.47. The van der Waals surface area contributed by atoms with Crippen LogP contribution in [-0.2, 0) is 0 Å². The second-order valence-electron chi connectivity index (χ2n) is 5.67. The summed E-state index contributed by atoms with van der Waals surface area (Å²) in [5.41, 5.74) is -0.0696. The molecule has 8 nitrogen and oxygen atoms in total. The first-order valence-corrected chi connectivity index (χ1v) is 7.81. The standard InChI is InChI=1S/C16H18FN5O3/c1-11-18-4-3-16(19-11)21-7-5-20(6-8-21)13-10-15(25-2)14(22(23)24)9-12(13)17/h3-4,9-10H,5-8H2,1-2H3. The first-order valence-electron chi connectivity index (χ1n) is 7.81. The fourth-order valence-corrected chi connectivity index (χ4v) is 2.88. The maximum Gasteiger partial charge on any atom is 0.313 e. The van der Waals surface area contributed by atoms with Gasteiger partial charge in [0.2, 0.25) is 0 Å². The molecule has 0 radical (unpaired) electrons. The maximum absolute atomic E-state index is 14.3. The Bertz CT molecular complexity index is 793. The maximum atomic E-state index is 14.3. The van der Waals surface area contributed by atoms with E-state index < -0.39 is 10.7 Å². The molecule has 1 fully saturated rings. The number of hydrogen-bond donors (Lipinski definition) is 0. The average molecular weight is 347 g/mol. The van der Waals surface area contributed by atoms with Gasteiger partial charge in [0.05, 0.1) is 23.8 Å². The van der Waals surface area contributed by atoms with Gasteiger partial charge in [-0.25, -0.2) is 14.4 Å². The molecule has 0 saturated carbocycles. The van der Waals surface area contributed by atoms with Crippen molar-refractivity contribution in [3.8, 4) is 5.75 Å². The molecule has 0 N–H and O–H groups in total. The van der Waals surface area contributed by atoms with Crippen molar-refractivity contribution in [3.63, 3.8) is 0 Å². The summed E-state index contributed by atoms with van der Waals surface area (Å²) >= 11 is 0. The van der Waals surface area contributed by atoms with Crippen LogP contribution >= 0.6 is 0 Å². The third-order valence-electron chi connectivity index (χ3n) is 4.15. The smallest absolute Gasteiger partial charge is 0.313 e. The van der Waals surface area contributed by atoms with Crippen molar-refractivity contribution in [1.29, 1.82) is 0 Å². The summed E-state index contributed by atoms with van der Waals surface area (Å²) in [7, 11) is 1.33. The van der Waals surface area contributed by atoms with Gasteiger partial charge in [-0.1, -0.05) is 0 Å². The molecule has 1 aromatic heterocycles. The average Bonchev–Trinajstić information content (AvgIpc) is 2.61. The highest BCUT2D eigenvalue weighted by atomic mass is 19.1. The minimum absolute atomic E-state index is 0.0512. The monoisotopic (exact) mass is 347 g/mol. The normalized spacial score (nSPS) is 14.5. The Labute approximate surface area is 144 Å². The van der Waals surface area contributed by atoms with E-state index in [0.717, 1.165) is 11.9 Å². The number of methoxy groups -OCH3 is 1. The molecule has 1 aliphatic heterocycles. The van der Waals surface area contributed by atoms with Crippen molar-refractivity contribution in [2.75, 3.05) is 43.1 Å². The topological polar surface area (TPSA) is 84.6 Å². The van der Waals surface area contributed by atoms with E-state index in [4.69, 9.17) is 4.74 Å². The summed E-state index contributed by atoms with van der Waals surface area (Å²) in [5, 5.41) is 11.0. The number of piperazine rings is 1. The van der Waals surface area contributed by atoms with Gasteiger partial charge in [-0.15, -0.1) is 0 Å². The molecule has 2 heterocycles.